The van der Waals surface area contributed by atoms with Gasteiger partial charge in [-0.05, 0) is 64.8 Å². The van der Waals surface area contributed by atoms with Gasteiger partial charge in [0.15, 0.2) is 23.3 Å². The Labute approximate surface area is 234 Å². The zero-order chi connectivity index (χ0) is 30.8. The lowest BCUT2D eigenvalue weighted by atomic mass is 9.77. The Hall–Kier alpha value is -4.23. The largest absolute Gasteiger partial charge is 0.271 e. The van der Waals surface area contributed by atoms with Crippen LogP contribution in [0.15, 0.2) is 24.3 Å². The van der Waals surface area contributed by atoms with Gasteiger partial charge in [-0.1, -0.05) is 0 Å². The molecule has 0 spiro atoms. The van der Waals surface area contributed by atoms with E-state index in [0.29, 0.717) is 0 Å². The Bertz CT molecular complexity index is 1700. The molecule has 0 unspecified atom stereocenters. The van der Waals surface area contributed by atoms with Crippen molar-refractivity contribution in [1.29, 1.82) is 0 Å². The second-order valence-corrected chi connectivity index (χ2v) is 11.9. The van der Waals surface area contributed by atoms with Crippen molar-refractivity contribution >= 4 is 40.1 Å². The van der Waals surface area contributed by atoms with Crippen LogP contribution in [0.1, 0.15) is 82.0 Å². The van der Waals surface area contributed by atoms with Gasteiger partial charge in [0.25, 0.3) is 23.6 Å². The van der Waals surface area contributed by atoms with Gasteiger partial charge in [-0.2, -0.15) is 0 Å². The number of hydroxylamine groups is 2. The van der Waals surface area contributed by atoms with Gasteiger partial charge in [0, 0.05) is 50.1 Å². The molecular weight excluding hydrogens is 565 g/mol. The fraction of sp³-hybridized carbons (Fsp3) is 0.310. The number of carbonyl (C=O) groups is 4. The lowest BCUT2D eigenvalue weighted by molar-refractivity contribution is -0.292. The predicted molar refractivity (Wildman–Crippen MR) is 136 cm³/mol. The van der Waals surface area contributed by atoms with Crippen molar-refractivity contribution in [2.75, 3.05) is 4.90 Å². The van der Waals surface area contributed by atoms with Crippen LogP contribution >= 0.6 is 0 Å². The monoisotopic (exact) mass is 586 g/mol. The molecular formula is C29H21F5N3O5. The average Bonchev–Trinajstić information content (AvgIpc) is 2.92. The molecule has 3 aliphatic rings. The third kappa shape index (κ3) is 3.46. The SMILES string of the molecule is CC1(C)CC(N2C(=O)c3ccc4c5c(ccc(c35)C2=O)C(=O)N(c2c(F)c(F)c(F)c(F)c2F)C4=O)CC(C)(C)N1[O]. The summed E-state index contributed by atoms with van der Waals surface area (Å²) in [6.45, 7) is 6.83. The molecule has 0 atom stereocenters. The Balaban J connectivity index is 1.50. The minimum atomic E-state index is -2.46. The van der Waals surface area contributed by atoms with Crippen molar-refractivity contribution in [2.45, 2.75) is 57.7 Å². The minimum Gasteiger partial charge on any atom is -0.271 e. The van der Waals surface area contributed by atoms with E-state index in [2.05, 4.69) is 0 Å². The average molecular weight is 586 g/mol. The summed E-state index contributed by atoms with van der Waals surface area (Å²) in [5.41, 5.74) is -4.40. The summed E-state index contributed by atoms with van der Waals surface area (Å²) in [6.07, 6.45) is 0.361. The first-order valence-corrected chi connectivity index (χ1v) is 12.9. The molecule has 1 fully saturated rings. The normalized spacial score (nSPS) is 20.2. The van der Waals surface area contributed by atoms with Crippen LogP contribution in [0.25, 0.3) is 10.8 Å². The van der Waals surface area contributed by atoms with Gasteiger partial charge in [0.2, 0.25) is 5.82 Å². The molecule has 0 N–H and O–H groups in total. The van der Waals surface area contributed by atoms with Crippen LogP contribution in [0, 0.1) is 29.1 Å². The van der Waals surface area contributed by atoms with Crippen LogP contribution in [0.3, 0.4) is 0 Å². The van der Waals surface area contributed by atoms with Gasteiger partial charge in [-0.3, -0.25) is 24.1 Å². The van der Waals surface area contributed by atoms with Gasteiger partial charge in [0.05, 0.1) is 0 Å². The second kappa shape index (κ2) is 8.65. The molecule has 1 saturated heterocycles. The summed E-state index contributed by atoms with van der Waals surface area (Å²) in [5, 5.41) is 13.6. The molecule has 0 saturated carbocycles. The van der Waals surface area contributed by atoms with E-state index < -0.39 is 75.5 Å². The first kappa shape index (κ1) is 27.9. The number of imide groups is 2. The van der Waals surface area contributed by atoms with E-state index in [1.54, 1.807) is 27.7 Å². The lowest BCUT2D eigenvalue weighted by Crippen LogP contribution is -2.64. The van der Waals surface area contributed by atoms with Crippen molar-refractivity contribution in [3.8, 4) is 0 Å². The highest BCUT2D eigenvalue weighted by Gasteiger charge is 2.51. The molecule has 3 aromatic carbocycles. The van der Waals surface area contributed by atoms with Gasteiger partial charge in [-0.25, -0.2) is 26.9 Å². The molecule has 0 aliphatic carbocycles. The highest BCUT2D eigenvalue weighted by molar-refractivity contribution is 6.39. The van der Waals surface area contributed by atoms with E-state index >= 15 is 0 Å². The summed E-state index contributed by atoms with van der Waals surface area (Å²) < 4.78 is 70.9. The summed E-state index contributed by atoms with van der Waals surface area (Å²) >= 11 is 0. The number of halogens is 5. The van der Waals surface area contributed by atoms with Gasteiger partial charge in [-0.15, -0.1) is 10.3 Å². The molecule has 3 aromatic rings. The molecule has 3 heterocycles. The Morgan fingerprint density at radius 2 is 0.929 bits per heavy atom. The fourth-order valence-corrected chi connectivity index (χ4v) is 6.61. The van der Waals surface area contributed by atoms with Crippen LogP contribution in [0.2, 0.25) is 0 Å². The minimum absolute atomic E-state index is 0.0318. The van der Waals surface area contributed by atoms with E-state index in [1.165, 1.54) is 12.1 Å². The molecule has 0 aromatic heterocycles. The van der Waals surface area contributed by atoms with Crippen molar-refractivity contribution < 1.29 is 46.3 Å². The van der Waals surface area contributed by atoms with Crippen molar-refractivity contribution in [2.24, 2.45) is 0 Å². The molecule has 3 aliphatic heterocycles. The molecule has 8 nitrogen and oxygen atoms in total. The number of rotatable bonds is 2. The van der Waals surface area contributed by atoms with E-state index in [1.807, 2.05) is 0 Å². The lowest BCUT2D eigenvalue weighted by Gasteiger charge is -2.52. The molecule has 4 amide bonds. The zero-order valence-corrected chi connectivity index (χ0v) is 22.6. The van der Waals surface area contributed by atoms with E-state index in [9.17, 15) is 46.3 Å². The summed E-state index contributed by atoms with van der Waals surface area (Å²) in [6, 6.07) is 3.94. The van der Waals surface area contributed by atoms with E-state index in [-0.39, 0.29) is 50.8 Å². The first-order valence-electron chi connectivity index (χ1n) is 12.9. The van der Waals surface area contributed by atoms with Crippen LogP contribution in [-0.4, -0.2) is 50.7 Å². The van der Waals surface area contributed by atoms with Gasteiger partial charge < -0.3 is 0 Å². The molecule has 217 valence electrons. The predicted octanol–water partition coefficient (Wildman–Crippen LogP) is 5.30. The molecule has 1 radical (unpaired) electrons. The molecule has 0 bridgehead atoms. The molecule has 6 rings (SSSR count). The highest BCUT2D eigenvalue weighted by atomic mass is 19.2. The number of nitrogens with zero attached hydrogens (tertiary/aromatic N) is 3. The summed E-state index contributed by atoms with van der Waals surface area (Å²) in [4.78, 5) is 55.4. The maximum Gasteiger partial charge on any atom is 0.266 e. The fourth-order valence-electron chi connectivity index (χ4n) is 6.61. The van der Waals surface area contributed by atoms with Crippen LogP contribution in [-0.2, 0) is 5.21 Å². The van der Waals surface area contributed by atoms with E-state index in [4.69, 9.17) is 0 Å². The molecule has 13 heteroatoms. The van der Waals surface area contributed by atoms with Gasteiger partial charge >= 0.3 is 0 Å². The number of hydrogen-bond acceptors (Lipinski definition) is 5. The second-order valence-electron chi connectivity index (χ2n) is 11.9. The molecule has 42 heavy (non-hydrogen) atoms. The van der Waals surface area contributed by atoms with Crippen LogP contribution < -0.4 is 4.90 Å². The number of benzene rings is 3. The maximum atomic E-state index is 14.7. The smallest absolute Gasteiger partial charge is 0.266 e. The van der Waals surface area contributed by atoms with Crippen molar-refractivity contribution in [3.05, 3.63) is 75.6 Å². The Morgan fingerprint density at radius 1 is 0.595 bits per heavy atom. The number of anilines is 1. The first-order chi connectivity index (χ1) is 19.5. The Kier molecular flexibility index (Phi) is 5.75. The highest BCUT2D eigenvalue weighted by Crippen LogP contribution is 2.44. The van der Waals surface area contributed by atoms with E-state index in [0.717, 1.165) is 22.1 Å². The zero-order valence-electron chi connectivity index (χ0n) is 22.6. The number of piperidine rings is 1. The van der Waals surface area contributed by atoms with Gasteiger partial charge in [0.1, 0.15) is 5.69 Å². The number of hydrogen-bond donors (Lipinski definition) is 0. The van der Waals surface area contributed by atoms with Crippen molar-refractivity contribution in [1.82, 2.24) is 9.96 Å². The standard InChI is InChI=1S/C29H21F5N3O5/c1-28(2)9-11(10-29(3,4)37(28)42)35-24(38)12-5-7-14-17-15(8-6-13(16(12)17)25(35)39)27(41)36(26(14)40)23-21(33)19(31)18(30)20(32)22(23)34/h5-8,11H,9-10H2,1-4H3. The Morgan fingerprint density at radius 3 is 1.31 bits per heavy atom. The van der Waals surface area contributed by atoms with Crippen LogP contribution in [0.4, 0.5) is 27.6 Å². The number of amides is 4. The quantitative estimate of drug-likeness (QED) is 0.176. The summed E-state index contributed by atoms with van der Waals surface area (Å²) in [7, 11) is 0. The number of carbonyl (C=O) groups excluding carboxylic acids is 4. The van der Waals surface area contributed by atoms with Crippen LogP contribution in [0.5, 0.6) is 0 Å². The summed E-state index contributed by atoms with van der Waals surface area (Å²) in [5.74, 6) is -16.2. The maximum absolute atomic E-state index is 14.7. The third-order valence-corrected chi connectivity index (χ3v) is 8.27. The topological polar surface area (TPSA) is 97.9 Å². The third-order valence-electron chi connectivity index (χ3n) is 8.27. The van der Waals surface area contributed by atoms with Crippen molar-refractivity contribution in [3.63, 3.8) is 0 Å².